The molecule has 1 atom stereocenters. The molecule has 168 valence electrons. The highest BCUT2D eigenvalue weighted by molar-refractivity contribution is 7.09. The van der Waals surface area contributed by atoms with Crippen LogP contribution in [0.4, 0.5) is 11.6 Å². The van der Waals surface area contributed by atoms with Crippen molar-refractivity contribution in [1.29, 1.82) is 0 Å². The molecule has 0 radical (unpaired) electrons. The highest BCUT2D eigenvalue weighted by Crippen LogP contribution is 2.29. The molecule has 0 spiro atoms. The summed E-state index contributed by atoms with van der Waals surface area (Å²) in [5.74, 6) is 3.34. The first-order valence-corrected chi connectivity index (χ1v) is 12.4. The van der Waals surface area contributed by atoms with Crippen molar-refractivity contribution in [2.45, 2.75) is 65.3 Å². The summed E-state index contributed by atoms with van der Waals surface area (Å²) in [7, 11) is 0. The molecule has 0 aromatic carbocycles. The summed E-state index contributed by atoms with van der Waals surface area (Å²) >= 11 is 1.71. The van der Waals surface area contributed by atoms with Gasteiger partial charge in [-0.3, -0.25) is 0 Å². The van der Waals surface area contributed by atoms with Crippen LogP contribution in [-0.2, 0) is 0 Å². The zero-order valence-corrected chi connectivity index (χ0v) is 20.1. The van der Waals surface area contributed by atoms with Gasteiger partial charge in [0.25, 0.3) is 0 Å². The van der Waals surface area contributed by atoms with E-state index in [0.717, 1.165) is 53.2 Å². The number of anilines is 2. The average molecular weight is 442 g/mol. The fourth-order valence-corrected chi connectivity index (χ4v) is 4.95. The molecule has 3 aromatic heterocycles. The molecular formula is C23H35N7S. The monoisotopic (exact) mass is 441 g/mol. The predicted molar refractivity (Wildman–Crippen MR) is 129 cm³/mol. The van der Waals surface area contributed by atoms with Crippen LogP contribution in [0.3, 0.4) is 0 Å². The molecule has 0 aliphatic carbocycles. The van der Waals surface area contributed by atoms with Crippen molar-refractivity contribution < 1.29 is 0 Å². The molecule has 0 saturated carbocycles. The van der Waals surface area contributed by atoms with Gasteiger partial charge in [-0.05, 0) is 50.6 Å². The second-order valence-corrected chi connectivity index (χ2v) is 10.1. The lowest BCUT2D eigenvalue weighted by Crippen LogP contribution is -2.31. The maximum Gasteiger partial charge on any atom is 0.163 e. The van der Waals surface area contributed by atoms with Gasteiger partial charge in [-0.15, -0.1) is 11.3 Å². The van der Waals surface area contributed by atoms with Gasteiger partial charge >= 0.3 is 0 Å². The van der Waals surface area contributed by atoms with Gasteiger partial charge in [0.1, 0.15) is 16.6 Å². The van der Waals surface area contributed by atoms with Crippen molar-refractivity contribution >= 4 is 28.6 Å². The maximum absolute atomic E-state index is 4.93. The molecule has 4 rings (SSSR count). The molecule has 0 amide bonds. The highest BCUT2D eigenvalue weighted by atomic mass is 32.1. The Balaban J connectivity index is 1.60. The molecule has 1 fully saturated rings. The molecule has 1 aliphatic rings. The van der Waals surface area contributed by atoms with Gasteiger partial charge < -0.3 is 16.0 Å². The average Bonchev–Trinajstić information content (AvgIpc) is 3.41. The van der Waals surface area contributed by atoms with Gasteiger partial charge in [-0.25, -0.2) is 9.97 Å². The lowest BCUT2D eigenvalue weighted by Gasteiger charge is -2.23. The molecule has 4 heterocycles. The van der Waals surface area contributed by atoms with Crippen LogP contribution in [0.15, 0.2) is 17.6 Å². The molecule has 3 aromatic rings. The standard InChI is InChI=1S/C23H35N7S/c1-14(2)18-12-26-30-21(27-16(5)23-28-19(13-31-23)15(3)4)10-20(29-22(18)30)25-11-17-6-8-24-9-7-17/h10,12-17,24,27H,6-9,11H2,1-5H3,(H,25,29). The van der Waals surface area contributed by atoms with E-state index in [4.69, 9.17) is 9.97 Å². The van der Waals surface area contributed by atoms with Crippen LogP contribution in [0, 0.1) is 5.92 Å². The fourth-order valence-electron chi connectivity index (χ4n) is 3.96. The summed E-state index contributed by atoms with van der Waals surface area (Å²) < 4.78 is 1.93. The molecule has 1 saturated heterocycles. The molecular weight excluding hydrogens is 406 g/mol. The Kier molecular flexibility index (Phi) is 6.77. The maximum atomic E-state index is 4.93. The van der Waals surface area contributed by atoms with Crippen LogP contribution in [0.25, 0.3) is 5.65 Å². The topological polar surface area (TPSA) is 79.2 Å². The molecule has 0 bridgehead atoms. The SMILES string of the molecule is CC(C)c1csc(C(C)Nc2cc(NCC3CCNCC3)nc3c(C(C)C)cnn23)n1. The Morgan fingerprint density at radius 1 is 1.13 bits per heavy atom. The number of rotatable bonds is 8. The minimum absolute atomic E-state index is 0.0899. The number of hydrogen-bond acceptors (Lipinski definition) is 7. The van der Waals surface area contributed by atoms with Crippen LogP contribution >= 0.6 is 11.3 Å². The number of aromatic nitrogens is 4. The van der Waals surface area contributed by atoms with Crippen molar-refractivity contribution in [3.63, 3.8) is 0 Å². The van der Waals surface area contributed by atoms with E-state index in [0.29, 0.717) is 17.8 Å². The molecule has 8 heteroatoms. The quantitative estimate of drug-likeness (QED) is 0.456. The van der Waals surface area contributed by atoms with Crippen LogP contribution < -0.4 is 16.0 Å². The van der Waals surface area contributed by atoms with Gasteiger partial charge in [-0.2, -0.15) is 9.61 Å². The van der Waals surface area contributed by atoms with E-state index in [1.807, 2.05) is 10.7 Å². The van der Waals surface area contributed by atoms with Crippen molar-refractivity contribution in [2.24, 2.45) is 5.92 Å². The van der Waals surface area contributed by atoms with E-state index in [1.54, 1.807) is 11.3 Å². The largest absolute Gasteiger partial charge is 0.370 e. The zero-order chi connectivity index (χ0) is 22.0. The number of thiazole rings is 1. The Hall–Kier alpha value is -2.19. The van der Waals surface area contributed by atoms with E-state index < -0.39 is 0 Å². The van der Waals surface area contributed by atoms with Crippen molar-refractivity contribution in [3.8, 4) is 0 Å². The lowest BCUT2D eigenvalue weighted by atomic mass is 9.98. The van der Waals surface area contributed by atoms with Crippen molar-refractivity contribution in [1.82, 2.24) is 24.9 Å². The Bertz CT molecular complexity index is 1000. The van der Waals surface area contributed by atoms with E-state index in [2.05, 4.69) is 67.1 Å². The van der Waals surface area contributed by atoms with E-state index >= 15 is 0 Å². The van der Waals surface area contributed by atoms with Gasteiger partial charge in [0.15, 0.2) is 5.65 Å². The van der Waals surface area contributed by atoms with Crippen molar-refractivity contribution in [3.05, 3.63) is 33.9 Å². The van der Waals surface area contributed by atoms with Crippen molar-refractivity contribution in [2.75, 3.05) is 30.3 Å². The van der Waals surface area contributed by atoms with Crippen LogP contribution in [0.2, 0.25) is 0 Å². The van der Waals surface area contributed by atoms with E-state index in [-0.39, 0.29) is 6.04 Å². The summed E-state index contributed by atoms with van der Waals surface area (Å²) in [5, 5.41) is 18.6. The van der Waals surface area contributed by atoms with Gasteiger partial charge in [0.2, 0.25) is 0 Å². The molecule has 1 aliphatic heterocycles. The summed E-state index contributed by atoms with van der Waals surface area (Å²) in [6.45, 7) is 14.1. The van der Waals surface area contributed by atoms with Crippen LogP contribution in [0.1, 0.15) is 81.6 Å². The lowest BCUT2D eigenvalue weighted by molar-refractivity contribution is 0.389. The first kappa shape index (κ1) is 22.0. The summed E-state index contributed by atoms with van der Waals surface area (Å²) in [6, 6.07) is 2.17. The van der Waals surface area contributed by atoms with Gasteiger partial charge in [-0.1, -0.05) is 27.7 Å². The first-order chi connectivity index (χ1) is 14.9. The highest BCUT2D eigenvalue weighted by Gasteiger charge is 2.19. The van der Waals surface area contributed by atoms with Gasteiger partial charge in [0.05, 0.1) is 17.9 Å². The number of nitrogens with one attached hydrogen (secondary N) is 3. The third kappa shape index (κ3) is 5.01. The molecule has 7 nitrogen and oxygen atoms in total. The molecule has 1 unspecified atom stereocenters. The Morgan fingerprint density at radius 2 is 1.90 bits per heavy atom. The predicted octanol–water partition coefficient (Wildman–Crippen LogP) is 5.02. The third-order valence-electron chi connectivity index (χ3n) is 6.02. The summed E-state index contributed by atoms with van der Waals surface area (Å²) in [6.07, 6.45) is 4.37. The number of hydrogen-bond donors (Lipinski definition) is 3. The normalized spacial score (nSPS) is 16.4. The first-order valence-electron chi connectivity index (χ1n) is 11.5. The number of fused-ring (bicyclic) bond motifs is 1. The van der Waals surface area contributed by atoms with E-state index in [1.165, 1.54) is 12.8 Å². The zero-order valence-electron chi connectivity index (χ0n) is 19.3. The number of nitrogens with zero attached hydrogens (tertiary/aromatic N) is 4. The smallest absolute Gasteiger partial charge is 0.163 e. The second-order valence-electron chi connectivity index (χ2n) is 9.22. The van der Waals surface area contributed by atoms with Crippen LogP contribution in [0.5, 0.6) is 0 Å². The second kappa shape index (κ2) is 9.53. The van der Waals surface area contributed by atoms with Crippen LogP contribution in [-0.4, -0.2) is 39.2 Å². The molecule has 3 N–H and O–H groups in total. The minimum atomic E-state index is 0.0899. The minimum Gasteiger partial charge on any atom is -0.370 e. The molecule has 31 heavy (non-hydrogen) atoms. The third-order valence-corrected chi connectivity index (χ3v) is 7.06. The Labute approximate surface area is 189 Å². The number of piperidine rings is 1. The summed E-state index contributed by atoms with van der Waals surface area (Å²) in [5.41, 5.74) is 3.23. The fraction of sp³-hybridized carbons (Fsp3) is 0.609. The summed E-state index contributed by atoms with van der Waals surface area (Å²) in [4.78, 5) is 9.76. The van der Waals surface area contributed by atoms with E-state index in [9.17, 15) is 0 Å². The van der Waals surface area contributed by atoms with Gasteiger partial charge in [0, 0.05) is 23.6 Å². The Morgan fingerprint density at radius 3 is 2.58 bits per heavy atom.